The molecule has 1 aromatic rings. The van der Waals surface area contributed by atoms with E-state index >= 15 is 0 Å². The third-order valence-corrected chi connectivity index (χ3v) is 3.81. The molecule has 0 unspecified atom stereocenters. The standard InChI is InChI=1S/C14H25ClN4O/c1-4-11(5-2)19(8-9-20-3)10-13-12(15)6-7-14(17-13)18-16/h6-7,11H,4-5,8-10,16H2,1-3H3,(H,17,18). The van der Waals surface area contributed by atoms with Gasteiger partial charge in [0.2, 0.25) is 0 Å². The van der Waals surface area contributed by atoms with E-state index in [-0.39, 0.29) is 0 Å². The number of anilines is 1. The molecule has 0 bridgehead atoms. The van der Waals surface area contributed by atoms with Gasteiger partial charge in [-0.3, -0.25) is 4.90 Å². The highest BCUT2D eigenvalue weighted by Crippen LogP contribution is 2.20. The first kappa shape index (κ1) is 17.2. The Bertz CT molecular complexity index is 399. The molecular weight excluding hydrogens is 276 g/mol. The predicted molar refractivity (Wildman–Crippen MR) is 83.7 cm³/mol. The Morgan fingerprint density at radius 2 is 2.10 bits per heavy atom. The van der Waals surface area contributed by atoms with E-state index < -0.39 is 0 Å². The van der Waals surface area contributed by atoms with Crippen LogP contribution in [0.5, 0.6) is 0 Å². The van der Waals surface area contributed by atoms with Gasteiger partial charge in [0.15, 0.2) is 0 Å². The van der Waals surface area contributed by atoms with Gasteiger partial charge in [0.25, 0.3) is 0 Å². The number of methoxy groups -OCH3 is 1. The number of pyridine rings is 1. The number of hydrogen-bond acceptors (Lipinski definition) is 5. The molecule has 6 heteroatoms. The van der Waals surface area contributed by atoms with E-state index in [1.807, 2.05) is 6.07 Å². The van der Waals surface area contributed by atoms with E-state index in [4.69, 9.17) is 22.2 Å². The smallest absolute Gasteiger partial charge is 0.140 e. The molecule has 0 saturated carbocycles. The van der Waals surface area contributed by atoms with E-state index in [0.29, 0.717) is 30.0 Å². The van der Waals surface area contributed by atoms with Gasteiger partial charge in [-0.05, 0) is 25.0 Å². The zero-order chi connectivity index (χ0) is 15.0. The van der Waals surface area contributed by atoms with Gasteiger partial charge in [-0.15, -0.1) is 0 Å². The van der Waals surface area contributed by atoms with Crippen molar-refractivity contribution in [1.29, 1.82) is 0 Å². The molecule has 0 aromatic carbocycles. The Morgan fingerprint density at radius 3 is 2.65 bits per heavy atom. The van der Waals surface area contributed by atoms with Crippen LogP contribution in [0, 0.1) is 0 Å². The first-order chi connectivity index (χ1) is 9.65. The van der Waals surface area contributed by atoms with Crippen LogP contribution in [-0.2, 0) is 11.3 Å². The molecule has 0 aliphatic carbocycles. The first-order valence-electron chi connectivity index (χ1n) is 7.01. The zero-order valence-corrected chi connectivity index (χ0v) is 13.3. The van der Waals surface area contributed by atoms with Crippen molar-refractivity contribution < 1.29 is 4.74 Å². The minimum Gasteiger partial charge on any atom is -0.383 e. The molecule has 0 saturated heterocycles. The van der Waals surface area contributed by atoms with E-state index in [9.17, 15) is 0 Å². The number of nitrogen functional groups attached to an aromatic ring is 1. The number of rotatable bonds is 9. The van der Waals surface area contributed by atoms with Crippen LogP contribution in [0.4, 0.5) is 5.82 Å². The minimum atomic E-state index is 0.498. The molecule has 1 heterocycles. The second-order valence-electron chi connectivity index (χ2n) is 4.70. The van der Waals surface area contributed by atoms with Crippen molar-refractivity contribution in [1.82, 2.24) is 9.88 Å². The molecule has 114 valence electrons. The maximum Gasteiger partial charge on any atom is 0.140 e. The fraction of sp³-hybridized carbons (Fsp3) is 0.643. The Morgan fingerprint density at radius 1 is 1.40 bits per heavy atom. The maximum atomic E-state index is 6.23. The molecular formula is C14H25ClN4O. The summed E-state index contributed by atoms with van der Waals surface area (Å²) in [6, 6.07) is 4.08. The summed E-state index contributed by atoms with van der Waals surface area (Å²) in [6.45, 7) is 6.65. The van der Waals surface area contributed by atoms with Crippen molar-refractivity contribution in [2.24, 2.45) is 5.84 Å². The largest absolute Gasteiger partial charge is 0.383 e. The predicted octanol–water partition coefficient (Wildman–Crippen LogP) is 2.66. The molecule has 0 radical (unpaired) electrons. The number of nitrogens with one attached hydrogen (secondary N) is 1. The second-order valence-corrected chi connectivity index (χ2v) is 5.11. The SMILES string of the molecule is CCC(CC)N(CCOC)Cc1nc(NN)ccc1Cl. The topological polar surface area (TPSA) is 63.4 Å². The van der Waals surface area contributed by atoms with Crippen LogP contribution in [0.1, 0.15) is 32.4 Å². The van der Waals surface area contributed by atoms with Gasteiger partial charge in [-0.2, -0.15) is 0 Å². The van der Waals surface area contributed by atoms with Crippen LogP contribution in [0.15, 0.2) is 12.1 Å². The molecule has 0 atom stereocenters. The number of hydrogen-bond donors (Lipinski definition) is 2. The lowest BCUT2D eigenvalue weighted by Gasteiger charge is -2.30. The van der Waals surface area contributed by atoms with Crippen LogP contribution in [0.25, 0.3) is 0 Å². The van der Waals surface area contributed by atoms with Crippen LogP contribution < -0.4 is 11.3 Å². The highest BCUT2D eigenvalue weighted by atomic mass is 35.5. The molecule has 20 heavy (non-hydrogen) atoms. The lowest BCUT2D eigenvalue weighted by molar-refractivity contribution is 0.109. The quantitative estimate of drug-likeness (QED) is 0.542. The summed E-state index contributed by atoms with van der Waals surface area (Å²) in [5.41, 5.74) is 3.39. The van der Waals surface area contributed by atoms with Gasteiger partial charge in [-0.1, -0.05) is 25.4 Å². The number of nitrogens with two attached hydrogens (primary N) is 1. The average Bonchev–Trinajstić information content (AvgIpc) is 2.47. The number of halogens is 1. The molecule has 1 rings (SSSR count). The van der Waals surface area contributed by atoms with Gasteiger partial charge in [0, 0.05) is 26.2 Å². The third-order valence-electron chi connectivity index (χ3n) is 3.46. The van der Waals surface area contributed by atoms with E-state index in [1.165, 1.54) is 0 Å². The van der Waals surface area contributed by atoms with E-state index in [0.717, 1.165) is 25.1 Å². The minimum absolute atomic E-state index is 0.498. The van der Waals surface area contributed by atoms with Gasteiger partial charge < -0.3 is 10.2 Å². The van der Waals surface area contributed by atoms with Crippen LogP contribution in [-0.4, -0.2) is 36.2 Å². The summed E-state index contributed by atoms with van der Waals surface area (Å²) in [6.07, 6.45) is 2.18. The van der Waals surface area contributed by atoms with Crippen molar-refractivity contribution in [3.63, 3.8) is 0 Å². The molecule has 0 spiro atoms. The van der Waals surface area contributed by atoms with Gasteiger partial charge >= 0.3 is 0 Å². The van der Waals surface area contributed by atoms with Crippen molar-refractivity contribution in [3.8, 4) is 0 Å². The van der Waals surface area contributed by atoms with Crippen molar-refractivity contribution in [3.05, 3.63) is 22.8 Å². The highest BCUT2D eigenvalue weighted by molar-refractivity contribution is 6.31. The first-order valence-corrected chi connectivity index (χ1v) is 7.39. The van der Waals surface area contributed by atoms with E-state index in [2.05, 4.69) is 29.2 Å². The van der Waals surface area contributed by atoms with Gasteiger partial charge in [-0.25, -0.2) is 10.8 Å². The Labute approximate surface area is 126 Å². The van der Waals surface area contributed by atoms with Crippen LogP contribution in [0.3, 0.4) is 0 Å². The van der Waals surface area contributed by atoms with Gasteiger partial charge in [0.1, 0.15) is 5.82 Å². The summed E-state index contributed by atoms with van der Waals surface area (Å²) in [5, 5.41) is 0.664. The van der Waals surface area contributed by atoms with Crippen molar-refractivity contribution in [2.45, 2.75) is 39.3 Å². The fourth-order valence-electron chi connectivity index (χ4n) is 2.27. The maximum absolute atomic E-state index is 6.23. The Balaban J connectivity index is 2.87. The number of nitrogens with zero attached hydrogens (tertiary/aromatic N) is 2. The number of aromatic nitrogens is 1. The summed E-state index contributed by atoms with van der Waals surface area (Å²) in [4.78, 5) is 6.80. The molecule has 0 aliphatic rings. The summed E-state index contributed by atoms with van der Waals surface area (Å²) in [7, 11) is 1.72. The highest BCUT2D eigenvalue weighted by Gasteiger charge is 2.17. The van der Waals surface area contributed by atoms with Crippen molar-refractivity contribution >= 4 is 17.4 Å². The second kappa shape index (κ2) is 9.13. The summed E-state index contributed by atoms with van der Waals surface area (Å²) >= 11 is 6.23. The molecule has 0 amide bonds. The normalized spacial score (nSPS) is 11.3. The molecule has 1 aromatic heterocycles. The third kappa shape index (κ3) is 4.90. The fourth-order valence-corrected chi connectivity index (χ4v) is 2.44. The monoisotopic (exact) mass is 300 g/mol. The van der Waals surface area contributed by atoms with Gasteiger partial charge in [0.05, 0.1) is 17.3 Å². The number of hydrazine groups is 1. The molecule has 5 nitrogen and oxygen atoms in total. The Hall–Kier alpha value is -0.880. The Kier molecular flexibility index (Phi) is 7.84. The molecule has 0 aliphatic heterocycles. The molecule has 0 fully saturated rings. The molecule has 3 N–H and O–H groups in total. The zero-order valence-electron chi connectivity index (χ0n) is 12.5. The lowest BCUT2D eigenvalue weighted by atomic mass is 10.1. The van der Waals surface area contributed by atoms with Crippen LogP contribution >= 0.6 is 11.6 Å². The van der Waals surface area contributed by atoms with Crippen molar-refractivity contribution in [2.75, 3.05) is 25.7 Å². The number of ether oxygens (including phenoxy) is 1. The average molecular weight is 301 g/mol. The summed E-state index contributed by atoms with van der Waals surface area (Å²) in [5.74, 6) is 6.03. The summed E-state index contributed by atoms with van der Waals surface area (Å²) < 4.78 is 5.20. The van der Waals surface area contributed by atoms with Crippen LogP contribution in [0.2, 0.25) is 5.02 Å². The lowest BCUT2D eigenvalue weighted by Crippen LogP contribution is -2.36. The van der Waals surface area contributed by atoms with E-state index in [1.54, 1.807) is 13.2 Å².